The van der Waals surface area contributed by atoms with Gasteiger partial charge >= 0.3 is 0 Å². The lowest BCUT2D eigenvalue weighted by Crippen LogP contribution is -2.27. The molecule has 0 radical (unpaired) electrons. The minimum absolute atomic E-state index is 0.243. The van der Waals surface area contributed by atoms with Crippen molar-refractivity contribution in [2.24, 2.45) is 0 Å². The van der Waals surface area contributed by atoms with Gasteiger partial charge in [-0.15, -0.1) is 0 Å². The van der Waals surface area contributed by atoms with E-state index in [4.69, 9.17) is 9.47 Å². The van der Waals surface area contributed by atoms with Crippen LogP contribution in [0.4, 0.5) is 11.6 Å². The van der Waals surface area contributed by atoms with Crippen LogP contribution in [-0.4, -0.2) is 53.6 Å². The number of anilines is 2. The fourth-order valence-corrected chi connectivity index (χ4v) is 3.41. The molecule has 4 rings (SSSR count). The Labute approximate surface area is 164 Å². The smallest absolute Gasteiger partial charge is 0.248 e. The van der Waals surface area contributed by atoms with Gasteiger partial charge in [0.1, 0.15) is 11.5 Å². The van der Waals surface area contributed by atoms with E-state index >= 15 is 0 Å². The Balaban J connectivity index is 1.48. The molecule has 2 aromatic carbocycles. The summed E-state index contributed by atoms with van der Waals surface area (Å²) < 4.78 is 12.5. The third kappa shape index (κ3) is 3.71. The normalized spacial score (nSPS) is 16.2. The fraction of sp³-hybridized carbons (Fsp3) is 0.350. The Morgan fingerprint density at radius 3 is 2.39 bits per heavy atom. The van der Waals surface area contributed by atoms with Crippen LogP contribution < -0.4 is 19.7 Å². The molecule has 1 aromatic heterocycles. The molecule has 1 atom stereocenters. The molecule has 0 saturated carbocycles. The summed E-state index contributed by atoms with van der Waals surface area (Å²) in [4.78, 5) is 2.31. The minimum atomic E-state index is 0.243. The Morgan fingerprint density at radius 2 is 1.71 bits per heavy atom. The SMILES string of the molecule is COc1cc(OC)cc(N2CCC(Nc3nnnn3-c3ccc(C)cc3)C2)c1. The number of hydrogen-bond acceptors (Lipinski definition) is 7. The maximum atomic E-state index is 5.39. The van der Waals surface area contributed by atoms with Gasteiger partial charge in [0.25, 0.3) is 0 Å². The van der Waals surface area contributed by atoms with E-state index in [9.17, 15) is 0 Å². The summed E-state index contributed by atoms with van der Waals surface area (Å²) >= 11 is 0. The van der Waals surface area contributed by atoms with Crippen molar-refractivity contribution in [2.75, 3.05) is 37.5 Å². The number of rotatable bonds is 6. The first-order valence-corrected chi connectivity index (χ1v) is 9.26. The van der Waals surface area contributed by atoms with Gasteiger partial charge in [0.2, 0.25) is 5.95 Å². The fourth-order valence-electron chi connectivity index (χ4n) is 3.41. The van der Waals surface area contributed by atoms with E-state index in [0.717, 1.165) is 42.4 Å². The predicted octanol–water partition coefficient (Wildman–Crippen LogP) is 2.68. The average Bonchev–Trinajstić information content (AvgIpc) is 3.38. The van der Waals surface area contributed by atoms with Crippen molar-refractivity contribution in [1.82, 2.24) is 20.2 Å². The van der Waals surface area contributed by atoms with E-state index in [1.54, 1.807) is 18.9 Å². The zero-order valence-electron chi connectivity index (χ0n) is 16.3. The molecular formula is C20H24N6O2. The van der Waals surface area contributed by atoms with Crippen molar-refractivity contribution < 1.29 is 9.47 Å². The highest BCUT2D eigenvalue weighted by molar-refractivity contribution is 5.57. The van der Waals surface area contributed by atoms with Gasteiger partial charge in [0, 0.05) is 43.0 Å². The van der Waals surface area contributed by atoms with Crippen molar-refractivity contribution in [3.8, 4) is 17.2 Å². The van der Waals surface area contributed by atoms with Crippen LogP contribution in [0.2, 0.25) is 0 Å². The largest absolute Gasteiger partial charge is 0.497 e. The molecule has 1 unspecified atom stereocenters. The van der Waals surface area contributed by atoms with Crippen LogP contribution in [-0.2, 0) is 0 Å². The first-order chi connectivity index (χ1) is 13.7. The van der Waals surface area contributed by atoms with Crippen LogP contribution in [0.15, 0.2) is 42.5 Å². The second-order valence-corrected chi connectivity index (χ2v) is 6.90. The zero-order valence-corrected chi connectivity index (χ0v) is 16.3. The molecule has 0 bridgehead atoms. The third-order valence-corrected chi connectivity index (χ3v) is 4.97. The van der Waals surface area contributed by atoms with Crippen molar-refractivity contribution in [1.29, 1.82) is 0 Å². The van der Waals surface area contributed by atoms with Crippen LogP contribution in [0.5, 0.6) is 11.5 Å². The Hall–Kier alpha value is -3.29. The lowest BCUT2D eigenvalue weighted by molar-refractivity contribution is 0.394. The number of hydrogen-bond donors (Lipinski definition) is 1. The minimum Gasteiger partial charge on any atom is -0.497 e. The molecule has 8 heteroatoms. The predicted molar refractivity (Wildman–Crippen MR) is 108 cm³/mol. The second-order valence-electron chi connectivity index (χ2n) is 6.90. The van der Waals surface area contributed by atoms with Crippen LogP contribution >= 0.6 is 0 Å². The van der Waals surface area contributed by atoms with Gasteiger partial charge in [-0.05, 0) is 35.9 Å². The summed E-state index contributed by atoms with van der Waals surface area (Å²) in [7, 11) is 3.33. The van der Waals surface area contributed by atoms with Crippen LogP contribution in [0.25, 0.3) is 5.69 Å². The topological polar surface area (TPSA) is 77.3 Å². The number of aryl methyl sites for hydroxylation is 1. The molecule has 1 aliphatic rings. The summed E-state index contributed by atoms with van der Waals surface area (Å²) in [5.74, 6) is 2.22. The molecule has 28 heavy (non-hydrogen) atoms. The van der Waals surface area contributed by atoms with Gasteiger partial charge in [-0.1, -0.05) is 22.8 Å². The molecule has 0 spiro atoms. The van der Waals surface area contributed by atoms with E-state index in [1.807, 2.05) is 42.5 Å². The Bertz CT molecular complexity index is 918. The first kappa shape index (κ1) is 18.1. The maximum Gasteiger partial charge on any atom is 0.248 e. The molecule has 8 nitrogen and oxygen atoms in total. The average molecular weight is 380 g/mol. The molecule has 1 saturated heterocycles. The molecule has 0 aliphatic carbocycles. The lowest BCUT2D eigenvalue weighted by atomic mass is 10.2. The summed E-state index contributed by atoms with van der Waals surface area (Å²) in [6, 6.07) is 14.3. The van der Waals surface area contributed by atoms with Crippen LogP contribution in [0, 0.1) is 6.92 Å². The maximum absolute atomic E-state index is 5.39. The zero-order chi connectivity index (χ0) is 19.5. The molecule has 1 aliphatic heterocycles. The quantitative estimate of drug-likeness (QED) is 0.704. The highest BCUT2D eigenvalue weighted by Gasteiger charge is 2.25. The van der Waals surface area contributed by atoms with Gasteiger partial charge in [0.05, 0.1) is 19.9 Å². The Morgan fingerprint density at radius 1 is 1.00 bits per heavy atom. The molecular weight excluding hydrogens is 356 g/mol. The molecule has 1 fully saturated rings. The van der Waals surface area contributed by atoms with E-state index in [2.05, 4.69) is 32.7 Å². The number of benzene rings is 2. The van der Waals surface area contributed by atoms with Crippen molar-refractivity contribution in [3.05, 3.63) is 48.0 Å². The number of aromatic nitrogens is 4. The number of methoxy groups -OCH3 is 2. The third-order valence-electron chi connectivity index (χ3n) is 4.97. The van der Waals surface area contributed by atoms with Gasteiger partial charge in [0.15, 0.2) is 0 Å². The lowest BCUT2D eigenvalue weighted by Gasteiger charge is -2.20. The standard InChI is InChI=1S/C20H24N6O2/c1-14-4-6-16(7-5-14)26-20(22-23-24-26)21-15-8-9-25(13-15)17-10-18(27-2)12-19(11-17)28-3/h4-7,10-12,15H,8-9,13H2,1-3H3,(H,21,22,24). The monoisotopic (exact) mass is 380 g/mol. The van der Waals surface area contributed by atoms with E-state index in [1.165, 1.54) is 5.56 Å². The molecule has 1 N–H and O–H groups in total. The van der Waals surface area contributed by atoms with Gasteiger partial charge < -0.3 is 19.7 Å². The van der Waals surface area contributed by atoms with Crippen LogP contribution in [0.1, 0.15) is 12.0 Å². The van der Waals surface area contributed by atoms with Crippen molar-refractivity contribution in [2.45, 2.75) is 19.4 Å². The second kappa shape index (κ2) is 7.75. The number of tetrazole rings is 1. The first-order valence-electron chi connectivity index (χ1n) is 9.26. The number of nitrogens with one attached hydrogen (secondary N) is 1. The molecule has 3 aromatic rings. The van der Waals surface area contributed by atoms with Gasteiger partial charge in [-0.3, -0.25) is 0 Å². The molecule has 2 heterocycles. The van der Waals surface area contributed by atoms with Gasteiger partial charge in [-0.2, -0.15) is 4.68 Å². The molecule has 0 amide bonds. The highest BCUT2D eigenvalue weighted by atomic mass is 16.5. The van der Waals surface area contributed by atoms with E-state index in [-0.39, 0.29) is 6.04 Å². The summed E-state index contributed by atoms with van der Waals surface area (Å²) in [5, 5.41) is 15.6. The van der Waals surface area contributed by atoms with Crippen LogP contribution in [0.3, 0.4) is 0 Å². The van der Waals surface area contributed by atoms with E-state index < -0.39 is 0 Å². The Kier molecular flexibility index (Phi) is 5.01. The number of nitrogens with zero attached hydrogens (tertiary/aromatic N) is 5. The van der Waals surface area contributed by atoms with Crippen molar-refractivity contribution >= 4 is 11.6 Å². The van der Waals surface area contributed by atoms with E-state index in [0.29, 0.717) is 5.95 Å². The molecule has 146 valence electrons. The van der Waals surface area contributed by atoms with Crippen molar-refractivity contribution in [3.63, 3.8) is 0 Å². The summed E-state index contributed by atoms with van der Waals surface area (Å²) in [6.45, 7) is 3.83. The van der Waals surface area contributed by atoms with Gasteiger partial charge in [-0.25, -0.2) is 0 Å². The summed E-state index contributed by atoms with van der Waals surface area (Å²) in [6.07, 6.45) is 0.986. The summed E-state index contributed by atoms with van der Waals surface area (Å²) in [5.41, 5.74) is 3.22. The number of ether oxygens (including phenoxy) is 2. The highest BCUT2D eigenvalue weighted by Crippen LogP contribution is 2.31.